The van der Waals surface area contributed by atoms with Crippen LogP contribution in [0.5, 0.6) is 5.75 Å². The van der Waals surface area contributed by atoms with Gasteiger partial charge in [0.25, 0.3) is 5.56 Å². The number of aliphatic imine (C=N–C) groups is 1. The van der Waals surface area contributed by atoms with Crippen LogP contribution in [0.3, 0.4) is 0 Å². The first-order valence-corrected chi connectivity index (χ1v) is 11.9. The molecule has 1 aliphatic heterocycles. The molecule has 0 saturated carbocycles. The zero-order valence-electron chi connectivity index (χ0n) is 20.5. The Morgan fingerprint density at radius 2 is 1.94 bits per heavy atom. The molecule has 4 rings (SSSR count). The lowest BCUT2D eigenvalue weighted by atomic mass is 10.1. The quantitative estimate of drug-likeness (QED) is 0.405. The minimum atomic E-state index is -0.232. The Kier molecular flexibility index (Phi) is 7.16. The number of nitrogens with zero attached hydrogens (tertiary/aromatic N) is 6. The number of aromatic nitrogens is 4. The van der Waals surface area contributed by atoms with Gasteiger partial charge in [-0.05, 0) is 38.1 Å². The number of aryl methyl sites for hydroxylation is 2. The highest BCUT2D eigenvalue weighted by Crippen LogP contribution is 2.32. The number of nitrogens with two attached hydrogens (primary N) is 1. The molecule has 0 radical (unpaired) electrons. The second-order valence-electron chi connectivity index (χ2n) is 8.72. The molecule has 10 heteroatoms. The van der Waals surface area contributed by atoms with Gasteiger partial charge in [0.2, 0.25) is 0 Å². The summed E-state index contributed by atoms with van der Waals surface area (Å²) in [6, 6.07) is 5.61. The largest absolute Gasteiger partial charge is 0.493 e. The summed E-state index contributed by atoms with van der Waals surface area (Å²) in [5.74, 6) is 1.56. The first-order chi connectivity index (χ1) is 16.4. The average molecular weight is 467 g/mol. The lowest BCUT2D eigenvalue weighted by Crippen LogP contribution is -2.49. The molecule has 1 fully saturated rings. The summed E-state index contributed by atoms with van der Waals surface area (Å²) in [5, 5.41) is 4.52. The van der Waals surface area contributed by atoms with Gasteiger partial charge in [-0.15, -0.1) is 0 Å². The summed E-state index contributed by atoms with van der Waals surface area (Å²) >= 11 is 0. The predicted octanol–water partition coefficient (Wildman–Crippen LogP) is 2.26. The number of likely N-dealkylation sites (N-methyl/N-ethyl adjacent to an activating group) is 1. The number of nitrogens with one attached hydrogen (secondary N) is 1. The second-order valence-corrected chi connectivity index (χ2v) is 8.72. The molecule has 0 atom stereocenters. The van der Waals surface area contributed by atoms with Gasteiger partial charge in [0, 0.05) is 33.2 Å². The van der Waals surface area contributed by atoms with E-state index in [2.05, 4.69) is 38.8 Å². The lowest BCUT2D eigenvalue weighted by molar-refractivity contribution is 0.214. The fourth-order valence-electron chi connectivity index (χ4n) is 4.13. The van der Waals surface area contributed by atoms with Crippen molar-refractivity contribution in [2.75, 3.05) is 39.8 Å². The van der Waals surface area contributed by atoms with E-state index in [1.54, 1.807) is 11.7 Å². The Morgan fingerprint density at radius 3 is 2.65 bits per heavy atom. The molecule has 34 heavy (non-hydrogen) atoms. The van der Waals surface area contributed by atoms with Crippen molar-refractivity contribution < 1.29 is 4.74 Å². The van der Waals surface area contributed by atoms with E-state index < -0.39 is 0 Å². The van der Waals surface area contributed by atoms with Crippen LogP contribution >= 0.6 is 0 Å². The first-order valence-electron chi connectivity index (χ1n) is 11.9. The summed E-state index contributed by atoms with van der Waals surface area (Å²) in [7, 11) is 3.87. The highest BCUT2D eigenvalue weighted by Gasteiger charge is 2.19. The van der Waals surface area contributed by atoms with Crippen LogP contribution in [-0.4, -0.2) is 75.3 Å². The van der Waals surface area contributed by atoms with Crippen molar-refractivity contribution >= 4 is 22.7 Å². The molecule has 0 spiro atoms. The Morgan fingerprint density at radius 1 is 1.18 bits per heavy atom. The molecule has 2 aromatic heterocycles. The van der Waals surface area contributed by atoms with Crippen molar-refractivity contribution in [2.24, 2.45) is 17.8 Å². The van der Waals surface area contributed by atoms with Gasteiger partial charge in [0.05, 0.1) is 23.6 Å². The molecule has 182 valence electrons. The number of H-pyrrole nitrogens is 1. The smallest absolute Gasteiger partial charge is 0.277 e. The van der Waals surface area contributed by atoms with Crippen LogP contribution in [0.25, 0.3) is 22.4 Å². The molecule has 0 aliphatic carbocycles. The van der Waals surface area contributed by atoms with Crippen molar-refractivity contribution in [3.63, 3.8) is 0 Å². The third kappa shape index (κ3) is 4.91. The van der Waals surface area contributed by atoms with Crippen LogP contribution in [0.15, 0.2) is 28.0 Å². The van der Waals surface area contributed by atoms with E-state index in [0.29, 0.717) is 46.4 Å². The summed E-state index contributed by atoms with van der Waals surface area (Å²) < 4.78 is 7.58. The van der Waals surface area contributed by atoms with Crippen LogP contribution in [-0.2, 0) is 13.5 Å². The van der Waals surface area contributed by atoms with Gasteiger partial charge in [0.1, 0.15) is 17.1 Å². The van der Waals surface area contributed by atoms with Crippen molar-refractivity contribution in [1.29, 1.82) is 0 Å². The Balaban J connectivity index is 1.78. The molecule has 3 N–H and O–H groups in total. The Bertz CT molecular complexity index is 1240. The molecule has 1 saturated heterocycles. The van der Waals surface area contributed by atoms with Crippen molar-refractivity contribution in [1.82, 2.24) is 29.5 Å². The van der Waals surface area contributed by atoms with E-state index >= 15 is 0 Å². The minimum absolute atomic E-state index is 0.232. The maximum absolute atomic E-state index is 13.0. The number of aromatic amines is 1. The van der Waals surface area contributed by atoms with Gasteiger partial charge in [-0.1, -0.05) is 20.3 Å². The second kappa shape index (κ2) is 10.3. The number of hydrogen-bond donors (Lipinski definition) is 2. The van der Waals surface area contributed by atoms with E-state index in [-0.39, 0.29) is 5.56 Å². The van der Waals surface area contributed by atoms with Crippen LogP contribution in [0.1, 0.15) is 32.4 Å². The summed E-state index contributed by atoms with van der Waals surface area (Å²) in [6.07, 6.45) is 2.52. The number of guanidine groups is 1. The molecule has 0 amide bonds. The SMILES string of the molecule is CCCOc1ccc(N=C(N)N2CCN(C)CC2)cc1-c1nc2c(CCC)nn(C)c2c(=O)[nH]1. The zero-order valence-corrected chi connectivity index (χ0v) is 20.5. The van der Waals surface area contributed by atoms with E-state index in [1.165, 1.54) is 0 Å². The summed E-state index contributed by atoms with van der Waals surface area (Å²) in [5.41, 5.74) is 9.35. The Hall–Kier alpha value is -3.40. The molecule has 10 nitrogen and oxygen atoms in total. The third-order valence-electron chi connectivity index (χ3n) is 6.00. The molecule has 3 aromatic rings. The predicted molar refractivity (Wildman–Crippen MR) is 135 cm³/mol. The number of piperazine rings is 1. The van der Waals surface area contributed by atoms with Crippen LogP contribution in [0.4, 0.5) is 5.69 Å². The van der Waals surface area contributed by atoms with Crippen molar-refractivity contribution in [2.45, 2.75) is 33.1 Å². The van der Waals surface area contributed by atoms with Crippen LogP contribution in [0, 0.1) is 0 Å². The first kappa shape index (κ1) is 23.7. The topological polar surface area (TPSA) is 118 Å². The number of ether oxygens (including phenoxy) is 1. The lowest BCUT2D eigenvalue weighted by Gasteiger charge is -2.33. The number of hydrogen-bond acceptors (Lipinski definition) is 6. The van der Waals surface area contributed by atoms with Crippen molar-refractivity contribution in [3.8, 4) is 17.1 Å². The maximum atomic E-state index is 13.0. The maximum Gasteiger partial charge on any atom is 0.277 e. The monoisotopic (exact) mass is 466 g/mol. The summed E-state index contributed by atoms with van der Waals surface area (Å²) in [6.45, 7) is 8.25. The van der Waals surface area contributed by atoms with Gasteiger partial charge in [-0.3, -0.25) is 9.48 Å². The summed E-state index contributed by atoms with van der Waals surface area (Å²) in [4.78, 5) is 29.7. The zero-order chi connectivity index (χ0) is 24.2. The van der Waals surface area contributed by atoms with E-state index in [4.69, 9.17) is 15.5 Å². The van der Waals surface area contributed by atoms with Gasteiger partial charge >= 0.3 is 0 Å². The molecule has 3 heterocycles. The van der Waals surface area contributed by atoms with Crippen LogP contribution < -0.4 is 16.0 Å². The molecule has 0 unspecified atom stereocenters. The van der Waals surface area contributed by atoms with E-state index in [1.807, 2.05) is 25.1 Å². The minimum Gasteiger partial charge on any atom is -0.493 e. The molecular weight excluding hydrogens is 432 g/mol. The van der Waals surface area contributed by atoms with E-state index in [9.17, 15) is 4.79 Å². The third-order valence-corrected chi connectivity index (χ3v) is 6.00. The van der Waals surface area contributed by atoms with E-state index in [0.717, 1.165) is 51.1 Å². The van der Waals surface area contributed by atoms with Crippen LogP contribution in [0.2, 0.25) is 0 Å². The molecule has 1 aromatic carbocycles. The average Bonchev–Trinajstić information content (AvgIpc) is 3.14. The number of fused-ring (bicyclic) bond motifs is 1. The normalized spacial score (nSPS) is 15.3. The van der Waals surface area contributed by atoms with Gasteiger partial charge in [0.15, 0.2) is 11.5 Å². The van der Waals surface area contributed by atoms with Gasteiger partial charge in [-0.2, -0.15) is 5.10 Å². The van der Waals surface area contributed by atoms with Crippen molar-refractivity contribution in [3.05, 3.63) is 34.2 Å². The van der Waals surface area contributed by atoms with Gasteiger partial charge in [-0.25, -0.2) is 9.98 Å². The molecule has 1 aliphatic rings. The fraction of sp³-hybridized carbons (Fsp3) is 0.500. The standard InChI is InChI=1S/C24H34N8O2/c1-5-7-18-20-21(31(4)29-18)23(33)28-22(27-20)17-15-16(8-9-19(17)34-14-6-2)26-24(25)32-12-10-30(3)11-13-32/h8-9,15H,5-7,10-14H2,1-4H3,(H2,25,26)(H,27,28,33). The van der Waals surface area contributed by atoms with Gasteiger partial charge < -0.3 is 25.3 Å². The molecular formula is C24H34N8O2. The Labute approximate surface area is 199 Å². The highest BCUT2D eigenvalue weighted by molar-refractivity contribution is 5.83. The number of benzene rings is 1. The highest BCUT2D eigenvalue weighted by atomic mass is 16.5. The number of rotatable bonds is 7. The fourth-order valence-corrected chi connectivity index (χ4v) is 4.13. The molecule has 0 bridgehead atoms.